The third kappa shape index (κ3) is 2.92. The van der Waals surface area contributed by atoms with Crippen molar-refractivity contribution in [1.29, 1.82) is 0 Å². The lowest BCUT2D eigenvalue weighted by atomic mass is 10.1. The van der Waals surface area contributed by atoms with Gasteiger partial charge in [0.1, 0.15) is 6.17 Å². The Morgan fingerprint density at radius 1 is 1.38 bits per heavy atom. The summed E-state index contributed by atoms with van der Waals surface area (Å²) in [6.45, 7) is 6.60. The van der Waals surface area contributed by atoms with E-state index in [2.05, 4.69) is 4.90 Å². The second-order valence-electron chi connectivity index (χ2n) is 4.23. The summed E-state index contributed by atoms with van der Waals surface area (Å²) in [5.41, 5.74) is 0. The average Bonchev–Trinajstić information content (AvgIpc) is 2.28. The van der Waals surface area contributed by atoms with Crippen molar-refractivity contribution >= 4 is 0 Å². The smallest absolute Gasteiger partial charge is 0.114 e. The van der Waals surface area contributed by atoms with Gasteiger partial charge in [0.05, 0.1) is 12.2 Å². The minimum Gasteiger partial charge on any atom is -0.374 e. The molecular weight excluding hydrogens is 169 g/mol. The van der Waals surface area contributed by atoms with E-state index >= 15 is 0 Å². The van der Waals surface area contributed by atoms with E-state index in [9.17, 15) is 4.39 Å². The van der Waals surface area contributed by atoms with Gasteiger partial charge in [-0.1, -0.05) is 0 Å². The van der Waals surface area contributed by atoms with Crippen molar-refractivity contribution in [3.63, 3.8) is 0 Å². The Bertz CT molecular complexity index is 163. The lowest BCUT2D eigenvalue weighted by Crippen LogP contribution is -2.37. The summed E-state index contributed by atoms with van der Waals surface area (Å²) in [5, 5.41) is 0. The van der Waals surface area contributed by atoms with Gasteiger partial charge in [0.25, 0.3) is 0 Å². The van der Waals surface area contributed by atoms with Gasteiger partial charge in [-0.05, 0) is 34.2 Å². The first kappa shape index (κ1) is 10.9. The maximum atomic E-state index is 13.0. The van der Waals surface area contributed by atoms with Crippen LogP contribution in [0.5, 0.6) is 0 Å². The van der Waals surface area contributed by atoms with Crippen molar-refractivity contribution in [2.75, 3.05) is 13.6 Å². The van der Waals surface area contributed by atoms with Crippen LogP contribution in [0.25, 0.3) is 0 Å². The summed E-state index contributed by atoms with van der Waals surface area (Å²) in [6, 6.07) is 0.248. The zero-order chi connectivity index (χ0) is 10.0. The van der Waals surface area contributed by atoms with Gasteiger partial charge in [-0.25, -0.2) is 4.39 Å². The van der Waals surface area contributed by atoms with Gasteiger partial charge in [-0.15, -0.1) is 0 Å². The Hall–Kier alpha value is -0.150. The van der Waals surface area contributed by atoms with Crippen molar-refractivity contribution in [2.24, 2.45) is 0 Å². The monoisotopic (exact) mass is 189 g/mol. The van der Waals surface area contributed by atoms with Gasteiger partial charge >= 0.3 is 0 Å². The summed E-state index contributed by atoms with van der Waals surface area (Å²) in [5.74, 6) is 0. The molecule has 1 saturated heterocycles. The summed E-state index contributed by atoms with van der Waals surface area (Å²) < 4.78 is 18.7. The number of rotatable bonds is 3. The molecule has 1 fully saturated rings. The molecule has 13 heavy (non-hydrogen) atoms. The Kier molecular flexibility index (Phi) is 3.68. The minimum atomic E-state index is -0.673. The maximum Gasteiger partial charge on any atom is 0.114 e. The van der Waals surface area contributed by atoms with E-state index in [0.29, 0.717) is 13.0 Å². The molecule has 0 aromatic rings. The molecule has 0 spiro atoms. The van der Waals surface area contributed by atoms with Gasteiger partial charge in [0.2, 0.25) is 0 Å². The summed E-state index contributed by atoms with van der Waals surface area (Å²) in [4.78, 5) is 2.05. The minimum absolute atomic E-state index is 0.130. The number of likely N-dealkylation sites (tertiary alicyclic amines) is 1. The molecule has 3 heteroatoms. The number of ether oxygens (including phenoxy) is 1. The molecule has 2 unspecified atom stereocenters. The van der Waals surface area contributed by atoms with Crippen molar-refractivity contribution in [2.45, 2.75) is 51.6 Å². The van der Waals surface area contributed by atoms with E-state index in [1.165, 1.54) is 0 Å². The highest BCUT2D eigenvalue weighted by molar-refractivity contribution is 4.87. The third-order valence-corrected chi connectivity index (χ3v) is 2.58. The highest BCUT2D eigenvalue weighted by Gasteiger charge is 2.33. The molecule has 0 N–H and O–H groups in total. The predicted octanol–water partition coefficient (Wildman–Crippen LogP) is 1.84. The molecule has 0 aromatic heterocycles. The van der Waals surface area contributed by atoms with E-state index in [1.54, 1.807) is 0 Å². The van der Waals surface area contributed by atoms with Crippen LogP contribution < -0.4 is 0 Å². The second-order valence-corrected chi connectivity index (χ2v) is 4.23. The van der Waals surface area contributed by atoms with E-state index < -0.39 is 6.17 Å². The topological polar surface area (TPSA) is 12.5 Å². The van der Waals surface area contributed by atoms with Gasteiger partial charge in [-0.3, -0.25) is 4.90 Å². The molecule has 1 aliphatic heterocycles. The lowest BCUT2D eigenvalue weighted by Gasteiger charge is -2.27. The number of nitrogens with zero attached hydrogens (tertiary/aromatic N) is 1. The van der Waals surface area contributed by atoms with Crippen molar-refractivity contribution in [3.05, 3.63) is 0 Å². The highest BCUT2D eigenvalue weighted by Crippen LogP contribution is 2.23. The van der Waals surface area contributed by atoms with E-state index in [-0.39, 0.29) is 18.2 Å². The molecule has 78 valence electrons. The van der Waals surface area contributed by atoms with Crippen LogP contribution in [-0.4, -0.2) is 42.9 Å². The van der Waals surface area contributed by atoms with Gasteiger partial charge in [0.15, 0.2) is 0 Å². The summed E-state index contributed by atoms with van der Waals surface area (Å²) >= 11 is 0. The molecule has 0 bridgehead atoms. The number of halogens is 1. The average molecular weight is 189 g/mol. The van der Waals surface area contributed by atoms with Crippen molar-refractivity contribution in [1.82, 2.24) is 4.90 Å². The number of likely N-dealkylation sites (N-methyl/N-ethyl adjacent to an activating group) is 1. The van der Waals surface area contributed by atoms with Crippen LogP contribution in [0.15, 0.2) is 0 Å². The number of hydrogen-bond donors (Lipinski definition) is 0. The third-order valence-electron chi connectivity index (χ3n) is 2.58. The first-order chi connectivity index (χ1) is 6.00. The highest BCUT2D eigenvalue weighted by atomic mass is 19.1. The van der Waals surface area contributed by atoms with Crippen LogP contribution >= 0.6 is 0 Å². The van der Waals surface area contributed by atoms with Crippen molar-refractivity contribution < 1.29 is 9.13 Å². The van der Waals surface area contributed by atoms with Crippen LogP contribution in [0.2, 0.25) is 0 Å². The van der Waals surface area contributed by atoms with Gasteiger partial charge < -0.3 is 4.74 Å². The molecule has 0 radical (unpaired) electrons. The molecule has 0 saturated carbocycles. The summed E-state index contributed by atoms with van der Waals surface area (Å²) in [6.07, 6.45) is 0.297. The largest absolute Gasteiger partial charge is 0.374 e. The van der Waals surface area contributed by atoms with E-state index in [1.807, 2.05) is 27.8 Å². The molecule has 0 aliphatic carbocycles. The Morgan fingerprint density at radius 3 is 2.38 bits per heavy atom. The SMILES string of the molecule is CC(C)O[C@@H](C)C1CC(F)CN1C. The lowest BCUT2D eigenvalue weighted by molar-refractivity contribution is -0.0203. The van der Waals surface area contributed by atoms with Crippen molar-refractivity contribution in [3.8, 4) is 0 Å². The molecule has 1 heterocycles. The normalized spacial score (nSPS) is 32.8. The van der Waals surface area contributed by atoms with Crippen LogP contribution in [0.3, 0.4) is 0 Å². The van der Waals surface area contributed by atoms with E-state index in [0.717, 1.165) is 0 Å². The molecule has 3 atom stereocenters. The number of hydrogen-bond acceptors (Lipinski definition) is 2. The molecule has 1 rings (SSSR count). The molecule has 0 aromatic carbocycles. The Balaban J connectivity index is 2.42. The fourth-order valence-corrected chi connectivity index (χ4v) is 2.03. The van der Waals surface area contributed by atoms with Gasteiger partial charge in [0, 0.05) is 12.6 Å². The van der Waals surface area contributed by atoms with Crippen LogP contribution in [0.4, 0.5) is 4.39 Å². The maximum absolute atomic E-state index is 13.0. The standard InChI is InChI=1S/C10H20FNO/c1-7(2)13-8(3)10-5-9(11)6-12(10)4/h7-10H,5-6H2,1-4H3/t8-,9?,10?/m0/s1. The van der Waals surface area contributed by atoms with Crippen LogP contribution in [-0.2, 0) is 4.74 Å². The first-order valence-electron chi connectivity index (χ1n) is 5.00. The molecule has 1 aliphatic rings. The fourth-order valence-electron chi connectivity index (χ4n) is 2.03. The first-order valence-corrected chi connectivity index (χ1v) is 5.00. The Labute approximate surface area is 80.1 Å². The van der Waals surface area contributed by atoms with E-state index in [4.69, 9.17) is 4.74 Å². The second kappa shape index (κ2) is 4.38. The predicted molar refractivity (Wildman–Crippen MR) is 51.6 cm³/mol. The zero-order valence-corrected chi connectivity index (χ0v) is 8.96. The van der Waals surface area contributed by atoms with Gasteiger partial charge in [-0.2, -0.15) is 0 Å². The quantitative estimate of drug-likeness (QED) is 0.671. The fraction of sp³-hybridized carbons (Fsp3) is 1.00. The van der Waals surface area contributed by atoms with Crippen LogP contribution in [0, 0.1) is 0 Å². The van der Waals surface area contributed by atoms with Crippen LogP contribution in [0.1, 0.15) is 27.2 Å². The molecule has 0 amide bonds. The molecular formula is C10H20FNO. The molecule has 2 nitrogen and oxygen atoms in total. The zero-order valence-electron chi connectivity index (χ0n) is 8.96. The summed E-state index contributed by atoms with van der Waals surface area (Å²) in [7, 11) is 1.96. The number of alkyl halides is 1. The Morgan fingerprint density at radius 2 is 2.00 bits per heavy atom.